The van der Waals surface area contributed by atoms with E-state index in [2.05, 4.69) is 23.8 Å². The Kier molecular flexibility index (Phi) is 8.05. The molecule has 6 heteroatoms. The molecule has 4 nitrogen and oxygen atoms in total. The van der Waals surface area contributed by atoms with Crippen molar-refractivity contribution in [3.63, 3.8) is 0 Å². The lowest BCUT2D eigenvalue weighted by Crippen LogP contribution is -2.10. The number of hydrogen-bond donors (Lipinski definition) is 2. The SMILES string of the molecule is C=CCC(=O)Nc1ccccc1SSc1ccccc1NC(=O)CC=C. The highest BCUT2D eigenvalue weighted by atomic mass is 33.1. The van der Waals surface area contributed by atoms with Crippen molar-refractivity contribution < 1.29 is 9.59 Å². The first-order valence-corrected chi connectivity index (χ1v) is 10.1. The van der Waals surface area contributed by atoms with Crippen LogP contribution in [0.2, 0.25) is 0 Å². The van der Waals surface area contributed by atoms with Crippen LogP contribution in [-0.2, 0) is 9.59 Å². The molecular weight excluding hydrogens is 364 g/mol. The van der Waals surface area contributed by atoms with Crippen LogP contribution in [0.1, 0.15) is 12.8 Å². The van der Waals surface area contributed by atoms with E-state index in [0.29, 0.717) is 0 Å². The van der Waals surface area contributed by atoms with Gasteiger partial charge in [-0.2, -0.15) is 0 Å². The van der Waals surface area contributed by atoms with Gasteiger partial charge in [0.15, 0.2) is 0 Å². The first-order chi connectivity index (χ1) is 12.6. The Labute approximate surface area is 161 Å². The van der Waals surface area contributed by atoms with Crippen molar-refractivity contribution in [1.29, 1.82) is 0 Å². The first-order valence-electron chi connectivity index (χ1n) is 7.98. The summed E-state index contributed by atoms with van der Waals surface area (Å²) in [5, 5.41) is 5.77. The van der Waals surface area contributed by atoms with Gasteiger partial charge in [0, 0.05) is 22.6 Å². The minimum Gasteiger partial charge on any atom is -0.325 e. The lowest BCUT2D eigenvalue weighted by molar-refractivity contribution is -0.116. The van der Waals surface area contributed by atoms with Gasteiger partial charge < -0.3 is 10.6 Å². The van der Waals surface area contributed by atoms with Crippen LogP contribution in [-0.4, -0.2) is 11.8 Å². The second-order valence-electron chi connectivity index (χ2n) is 5.24. The third kappa shape index (κ3) is 6.13. The van der Waals surface area contributed by atoms with Crippen LogP contribution in [0, 0.1) is 0 Å². The number of hydrogen-bond acceptors (Lipinski definition) is 4. The molecule has 0 bridgehead atoms. The minimum atomic E-state index is -0.102. The van der Waals surface area contributed by atoms with E-state index < -0.39 is 0 Å². The highest BCUT2D eigenvalue weighted by Gasteiger charge is 2.10. The zero-order chi connectivity index (χ0) is 18.8. The Hall–Kier alpha value is -2.44. The number of nitrogens with one attached hydrogen (secondary N) is 2. The van der Waals surface area contributed by atoms with Crippen molar-refractivity contribution in [2.45, 2.75) is 22.6 Å². The number of anilines is 2. The Morgan fingerprint density at radius 2 is 1.15 bits per heavy atom. The lowest BCUT2D eigenvalue weighted by atomic mass is 10.3. The van der Waals surface area contributed by atoms with Crippen LogP contribution in [0.4, 0.5) is 11.4 Å². The molecule has 0 aromatic heterocycles. The molecule has 0 radical (unpaired) electrons. The van der Waals surface area contributed by atoms with Gasteiger partial charge in [-0.25, -0.2) is 0 Å². The summed E-state index contributed by atoms with van der Waals surface area (Å²) < 4.78 is 0. The molecule has 0 aliphatic rings. The number of amides is 2. The second-order valence-corrected chi connectivity index (χ2v) is 7.45. The number of para-hydroxylation sites is 2. The van der Waals surface area contributed by atoms with Crippen molar-refractivity contribution in [3.05, 3.63) is 73.8 Å². The monoisotopic (exact) mass is 384 g/mol. The van der Waals surface area contributed by atoms with Gasteiger partial charge in [-0.05, 0) is 24.3 Å². The summed E-state index contributed by atoms with van der Waals surface area (Å²) in [7, 11) is 3.04. The molecule has 0 saturated heterocycles. The largest absolute Gasteiger partial charge is 0.325 e. The molecule has 0 aliphatic carbocycles. The molecule has 134 valence electrons. The summed E-state index contributed by atoms with van der Waals surface area (Å²) in [6.45, 7) is 7.15. The average Bonchev–Trinajstić information content (AvgIpc) is 2.62. The predicted molar refractivity (Wildman–Crippen MR) is 111 cm³/mol. The number of rotatable bonds is 9. The molecule has 0 heterocycles. The zero-order valence-electron chi connectivity index (χ0n) is 14.2. The molecule has 0 saturated carbocycles. The van der Waals surface area contributed by atoms with Crippen LogP contribution in [0.3, 0.4) is 0 Å². The fraction of sp³-hybridized carbons (Fsp3) is 0.100. The van der Waals surface area contributed by atoms with Gasteiger partial charge in [-0.15, -0.1) is 13.2 Å². The van der Waals surface area contributed by atoms with Gasteiger partial charge in [0.1, 0.15) is 0 Å². The molecule has 2 rings (SSSR count). The topological polar surface area (TPSA) is 58.2 Å². The van der Waals surface area contributed by atoms with Gasteiger partial charge in [0.2, 0.25) is 11.8 Å². The van der Waals surface area contributed by atoms with Crippen molar-refractivity contribution in [2.75, 3.05) is 10.6 Å². The van der Waals surface area contributed by atoms with Crippen LogP contribution in [0.15, 0.2) is 83.6 Å². The first kappa shape index (κ1) is 19.9. The molecule has 2 aromatic rings. The zero-order valence-corrected chi connectivity index (χ0v) is 15.9. The molecule has 0 aliphatic heterocycles. The normalized spacial score (nSPS) is 10.0. The van der Waals surface area contributed by atoms with E-state index in [1.807, 2.05) is 48.5 Å². The van der Waals surface area contributed by atoms with E-state index >= 15 is 0 Å². The number of carbonyl (C=O) groups excluding carboxylic acids is 2. The molecule has 0 atom stereocenters. The summed E-state index contributed by atoms with van der Waals surface area (Å²) in [6, 6.07) is 15.2. The lowest BCUT2D eigenvalue weighted by Gasteiger charge is -2.12. The van der Waals surface area contributed by atoms with E-state index in [1.165, 1.54) is 21.6 Å². The van der Waals surface area contributed by atoms with Crippen LogP contribution in [0.5, 0.6) is 0 Å². The van der Waals surface area contributed by atoms with Crippen molar-refractivity contribution in [2.24, 2.45) is 0 Å². The van der Waals surface area contributed by atoms with E-state index in [-0.39, 0.29) is 24.7 Å². The Balaban J connectivity index is 2.10. The molecule has 2 aromatic carbocycles. The van der Waals surface area contributed by atoms with Gasteiger partial charge >= 0.3 is 0 Å². The summed E-state index contributed by atoms with van der Waals surface area (Å²) in [5.74, 6) is -0.203. The second kappa shape index (κ2) is 10.5. The smallest absolute Gasteiger partial charge is 0.228 e. The summed E-state index contributed by atoms with van der Waals surface area (Å²) >= 11 is 0. The predicted octanol–water partition coefficient (Wildman–Crippen LogP) is 5.52. The molecule has 0 unspecified atom stereocenters. The van der Waals surface area contributed by atoms with E-state index in [4.69, 9.17) is 0 Å². The van der Waals surface area contributed by atoms with Crippen molar-refractivity contribution >= 4 is 44.8 Å². The fourth-order valence-corrected chi connectivity index (χ4v) is 4.32. The van der Waals surface area contributed by atoms with Crippen molar-refractivity contribution in [3.8, 4) is 0 Å². The van der Waals surface area contributed by atoms with Crippen LogP contribution in [0.25, 0.3) is 0 Å². The Morgan fingerprint density at radius 3 is 1.54 bits per heavy atom. The Bertz CT molecular complexity index is 738. The van der Waals surface area contributed by atoms with Crippen molar-refractivity contribution in [1.82, 2.24) is 0 Å². The van der Waals surface area contributed by atoms with Gasteiger partial charge in [-0.1, -0.05) is 58.0 Å². The van der Waals surface area contributed by atoms with Gasteiger partial charge in [0.25, 0.3) is 0 Å². The molecular formula is C20H20N2O2S2. The molecule has 2 N–H and O–H groups in total. The maximum Gasteiger partial charge on any atom is 0.228 e. The van der Waals surface area contributed by atoms with E-state index in [9.17, 15) is 9.59 Å². The minimum absolute atomic E-state index is 0.102. The van der Waals surface area contributed by atoms with E-state index in [1.54, 1.807) is 12.2 Å². The van der Waals surface area contributed by atoms with Gasteiger partial charge in [0.05, 0.1) is 11.4 Å². The quantitative estimate of drug-likeness (QED) is 0.442. The van der Waals surface area contributed by atoms with Gasteiger partial charge in [-0.3, -0.25) is 9.59 Å². The van der Waals surface area contributed by atoms with E-state index in [0.717, 1.165) is 21.2 Å². The highest BCUT2D eigenvalue weighted by Crippen LogP contribution is 2.43. The number of carbonyl (C=O) groups is 2. The average molecular weight is 385 g/mol. The molecule has 0 fully saturated rings. The summed E-state index contributed by atoms with van der Waals surface area (Å²) in [6.07, 6.45) is 3.68. The van der Waals surface area contributed by atoms with Crippen LogP contribution >= 0.6 is 21.6 Å². The maximum atomic E-state index is 11.8. The highest BCUT2D eigenvalue weighted by molar-refractivity contribution is 8.76. The standard InChI is InChI=1S/C20H20N2O2S2/c1-3-9-19(23)21-15-11-5-7-13-17(15)25-26-18-14-8-6-12-16(18)22-20(24)10-4-2/h3-8,11-14H,1-2,9-10H2,(H,21,23)(H,22,24). The molecule has 2 amide bonds. The third-order valence-corrected chi connectivity index (χ3v) is 5.68. The van der Waals surface area contributed by atoms with Crippen LogP contribution < -0.4 is 10.6 Å². The third-order valence-electron chi connectivity index (χ3n) is 3.20. The molecule has 26 heavy (non-hydrogen) atoms. The Morgan fingerprint density at radius 1 is 0.769 bits per heavy atom. The number of benzene rings is 2. The fourth-order valence-electron chi connectivity index (χ4n) is 2.04. The summed E-state index contributed by atoms with van der Waals surface area (Å²) in [5.41, 5.74) is 1.51. The summed E-state index contributed by atoms with van der Waals surface area (Å²) in [4.78, 5) is 25.5. The molecule has 0 spiro atoms. The maximum absolute atomic E-state index is 11.8.